The molecule has 0 aromatic heterocycles. The van der Waals surface area contributed by atoms with Crippen molar-refractivity contribution < 1.29 is 4.79 Å². The van der Waals surface area contributed by atoms with Crippen molar-refractivity contribution in [1.29, 1.82) is 0 Å². The molecule has 2 heteroatoms. The van der Waals surface area contributed by atoms with Crippen molar-refractivity contribution in [2.45, 2.75) is 33.6 Å². The molecule has 0 saturated carbocycles. The Morgan fingerprint density at radius 2 is 1.15 bits per heavy atom. The predicted molar refractivity (Wildman–Crippen MR) is 115 cm³/mol. The SMILES string of the molecule is CCc1ccc(/C=C2/CN(CC)C/C(=C\c3ccc(CC)cc3)C2=O)cc1. The maximum Gasteiger partial charge on any atom is 0.187 e. The highest BCUT2D eigenvalue weighted by molar-refractivity contribution is 6.14. The molecule has 27 heavy (non-hydrogen) atoms. The van der Waals surface area contributed by atoms with E-state index < -0.39 is 0 Å². The lowest BCUT2D eigenvalue weighted by molar-refractivity contribution is -0.113. The monoisotopic (exact) mass is 359 g/mol. The molecule has 3 rings (SSSR count). The predicted octanol–water partition coefficient (Wildman–Crippen LogP) is 5.18. The first-order valence-electron chi connectivity index (χ1n) is 9.99. The molecule has 1 heterocycles. The minimum atomic E-state index is 0.179. The zero-order valence-corrected chi connectivity index (χ0v) is 16.7. The molecule has 2 aromatic carbocycles. The minimum Gasteiger partial charge on any atom is -0.295 e. The van der Waals surface area contributed by atoms with E-state index in [9.17, 15) is 4.79 Å². The lowest BCUT2D eigenvalue weighted by atomic mass is 9.94. The van der Waals surface area contributed by atoms with Crippen LogP contribution in [0.25, 0.3) is 12.2 Å². The topological polar surface area (TPSA) is 20.3 Å². The number of likely N-dealkylation sites (tertiary alicyclic amines) is 1. The van der Waals surface area contributed by atoms with Gasteiger partial charge in [-0.15, -0.1) is 0 Å². The zero-order valence-electron chi connectivity index (χ0n) is 16.7. The molecule has 1 fully saturated rings. The number of ketones is 1. The number of nitrogens with zero attached hydrogens (tertiary/aromatic N) is 1. The molecule has 0 radical (unpaired) electrons. The standard InChI is InChI=1S/C25H29NO/c1-4-19-7-11-21(12-8-19)15-23-17-26(6-3)18-24(25(23)27)16-22-13-9-20(5-2)10-14-22/h7-16H,4-6,17-18H2,1-3H3/b23-15-,24-16+. The number of hydrogen-bond acceptors (Lipinski definition) is 2. The van der Waals surface area contributed by atoms with Crippen LogP contribution in [-0.2, 0) is 17.6 Å². The Bertz CT molecular complexity index is 771. The third kappa shape index (κ3) is 4.84. The van der Waals surface area contributed by atoms with E-state index >= 15 is 0 Å². The quantitative estimate of drug-likeness (QED) is 0.685. The minimum absolute atomic E-state index is 0.179. The van der Waals surface area contributed by atoms with Gasteiger partial charge in [0.1, 0.15) is 0 Å². The van der Waals surface area contributed by atoms with Crippen LogP contribution in [0.2, 0.25) is 0 Å². The van der Waals surface area contributed by atoms with E-state index in [0.717, 1.165) is 54.7 Å². The van der Waals surface area contributed by atoms with E-state index in [-0.39, 0.29) is 5.78 Å². The van der Waals surface area contributed by atoms with E-state index in [0.29, 0.717) is 0 Å². The van der Waals surface area contributed by atoms with Gasteiger partial charge in [-0.3, -0.25) is 9.69 Å². The average Bonchev–Trinajstić information content (AvgIpc) is 2.72. The van der Waals surface area contributed by atoms with E-state index in [4.69, 9.17) is 0 Å². The van der Waals surface area contributed by atoms with Gasteiger partial charge in [0.2, 0.25) is 0 Å². The first kappa shape index (κ1) is 19.3. The number of likely N-dealkylation sites (N-methyl/N-ethyl adjacent to an activating group) is 1. The summed E-state index contributed by atoms with van der Waals surface area (Å²) in [4.78, 5) is 15.4. The van der Waals surface area contributed by atoms with Crippen LogP contribution in [0.1, 0.15) is 43.0 Å². The fourth-order valence-corrected chi connectivity index (χ4v) is 3.44. The number of benzene rings is 2. The molecule has 1 aliphatic rings. The maximum atomic E-state index is 13.1. The molecule has 0 spiro atoms. The van der Waals surface area contributed by atoms with Crippen molar-refractivity contribution in [1.82, 2.24) is 4.90 Å². The van der Waals surface area contributed by atoms with Crippen LogP contribution in [0.5, 0.6) is 0 Å². The van der Waals surface area contributed by atoms with Crippen LogP contribution in [0.4, 0.5) is 0 Å². The van der Waals surface area contributed by atoms with Crippen molar-refractivity contribution in [2.75, 3.05) is 19.6 Å². The zero-order chi connectivity index (χ0) is 19.2. The molecule has 1 aliphatic heterocycles. The number of rotatable bonds is 5. The van der Waals surface area contributed by atoms with E-state index in [1.807, 2.05) is 0 Å². The Morgan fingerprint density at radius 3 is 1.48 bits per heavy atom. The van der Waals surface area contributed by atoms with Gasteiger partial charge in [-0.05, 0) is 53.8 Å². The Morgan fingerprint density at radius 1 is 0.741 bits per heavy atom. The second kappa shape index (κ2) is 8.96. The summed E-state index contributed by atoms with van der Waals surface area (Å²) >= 11 is 0. The first-order chi connectivity index (χ1) is 13.1. The van der Waals surface area contributed by atoms with Crippen molar-refractivity contribution in [3.63, 3.8) is 0 Å². The summed E-state index contributed by atoms with van der Waals surface area (Å²) < 4.78 is 0. The summed E-state index contributed by atoms with van der Waals surface area (Å²) in [6.45, 7) is 8.83. The number of carbonyl (C=O) groups is 1. The highest BCUT2D eigenvalue weighted by Crippen LogP contribution is 2.22. The van der Waals surface area contributed by atoms with Crippen LogP contribution >= 0.6 is 0 Å². The number of piperidine rings is 1. The molecule has 140 valence electrons. The summed E-state index contributed by atoms with van der Waals surface area (Å²) in [5.41, 5.74) is 6.59. The maximum absolute atomic E-state index is 13.1. The first-order valence-corrected chi connectivity index (χ1v) is 9.99. The summed E-state index contributed by atoms with van der Waals surface area (Å²) in [5.74, 6) is 0.179. The largest absolute Gasteiger partial charge is 0.295 e. The molecular weight excluding hydrogens is 330 g/mol. The molecule has 0 unspecified atom stereocenters. The number of aryl methyl sites for hydroxylation is 2. The highest BCUT2D eigenvalue weighted by atomic mass is 16.1. The van der Waals surface area contributed by atoms with Gasteiger partial charge in [0.05, 0.1) is 0 Å². The summed E-state index contributed by atoms with van der Waals surface area (Å²) in [7, 11) is 0. The highest BCUT2D eigenvalue weighted by Gasteiger charge is 2.25. The van der Waals surface area contributed by atoms with Crippen LogP contribution in [0.15, 0.2) is 59.7 Å². The van der Waals surface area contributed by atoms with Crippen LogP contribution < -0.4 is 0 Å². The Labute approximate surface area is 163 Å². The fourth-order valence-electron chi connectivity index (χ4n) is 3.44. The molecule has 2 aromatic rings. The van der Waals surface area contributed by atoms with Gasteiger partial charge < -0.3 is 0 Å². The molecule has 0 atom stereocenters. The Balaban J connectivity index is 1.89. The van der Waals surface area contributed by atoms with Gasteiger partial charge in [0, 0.05) is 24.2 Å². The lowest BCUT2D eigenvalue weighted by Gasteiger charge is -2.28. The van der Waals surface area contributed by atoms with E-state index in [1.54, 1.807) is 0 Å². The van der Waals surface area contributed by atoms with Gasteiger partial charge in [-0.25, -0.2) is 0 Å². The second-order valence-corrected chi connectivity index (χ2v) is 7.16. The Hall–Kier alpha value is -2.45. The molecular formula is C25H29NO. The van der Waals surface area contributed by atoms with Crippen molar-refractivity contribution in [3.05, 3.63) is 81.9 Å². The summed E-state index contributed by atoms with van der Waals surface area (Å²) in [6.07, 6.45) is 6.17. The molecule has 0 amide bonds. The third-order valence-electron chi connectivity index (χ3n) is 5.28. The van der Waals surface area contributed by atoms with Gasteiger partial charge >= 0.3 is 0 Å². The average molecular weight is 360 g/mol. The molecule has 0 aliphatic carbocycles. The van der Waals surface area contributed by atoms with Crippen molar-refractivity contribution >= 4 is 17.9 Å². The van der Waals surface area contributed by atoms with Crippen LogP contribution in [-0.4, -0.2) is 30.3 Å². The third-order valence-corrected chi connectivity index (χ3v) is 5.28. The molecule has 0 bridgehead atoms. The fraction of sp³-hybridized carbons (Fsp3) is 0.320. The van der Waals surface area contributed by atoms with Gasteiger partial charge in [0.15, 0.2) is 5.78 Å². The summed E-state index contributed by atoms with van der Waals surface area (Å²) in [5, 5.41) is 0. The lowest BCUT2D eigenvalue weighted by Crippen LogP contribution is -2.37. The van der Waals surface area contributed by atoms with E-state index in [1.165, 1.54) is 11.1 Å². The smallest absolute Gasteiger partial charge is 0.187 e. The van der Waals surface area contributed by atoms with Crippen molar-refractivity contribution in [2.24, 2.45) is 0 Å². The van der Waals surface area contributed by atoms with Gasteiger partial charge in [-0.1, -0.05) is 69.3 Å². The van der Waals surface area contributed by atoms with Crippen LogP contribution in [0, 0.1) is 0 Å². The number of carbonyl (C=O) groups excluding carboxylic acids is 1. The Kier molecular flexibility index (Phi) is 6.41. The van der Waals surface area contributed by atoms with Gasteiger partial charge in [-0.2, -0.15) is 0 Å². The van der Waals surface area contributed by atoms with Crippen molar-refractivity contribution in [3.8, 4) is 0 Å². The molecule has 0 N–H and O–H groups in total. The number of hydrogen-bond donors (Lipinski definition) is 0. The van der Waals surface area contributed by atoms with E-state index in [2.05, 4.69) is 86.4 Å². The second-order valence-electron chi connectivity index (χ2n) is 7.16. The molecule has 1 saturated heterocycles. The van der Waals surface area contributed by atoms with Crippen LogP contribution in [0.3, 0.4) is 0 Å². The normalized spacial score (nSPS) is 18.4. The van der Waals surface area contributed by atoms with Gasteiger partial charge in [0.25, 0.3) is 0 Å². The number of Topliss-reactive ketones (excluding diaryl/α,β-unsaturated/α-hetero) is 1. The summed E-state index contributed by atoms with van der Waals surface area (Å²) in [6, 6.07) is 17.0. The molecule has 2 nitrogen and oxygen atoms in total.